The second-order valence-corrected chi connectivity index (χ2v) is 5.84. The number of aliphatic hydroxyl groups is 1. The van der Waals surface area contributed by atoms with Crippen molar-refractivity contribution >= 4 is 23.0 Å². The summed E-state index contributed by atoms with van der Waals surface area (Å²) in [6.07, 6.45) is 3.86. The molecular formula is C15H21N3O2. The number of carbonyl (C=O) groups excluding carboxylic acids is 1. The minimum Gasteiger partial charge on any atom is -0.397 e. The fraction of sp³-hybridized carbons (Fsp3) is 0.533. The van der Waals surface area contributed by atoms with E-state index in [0.29, 0.717) is 23.9 Å². The summed E-state index contributed by atoms with van der Waals surface area (Å²) < 4.78 is 0. The van der Waals surface area contributed by atoms with Gasteiger partial charge < -0.3 is 21.5 Å². The molecule has 0 radical (unpaired) electrons. The van der Waals surface area contributed by atoms with Gasteiger partial charge in [-0.15, -0.1) is 0 Å². The molecule has 3 rings (SSSR count). The Morgan fingerprint density at radius 3 is 2.95 bits per heavy atom. The Morgan fingerprint density at radius 2 is 2.15 bits per heavy atom. The number of nitrogens with two attached hydrogens (primary N) is 1. The first kappa shape index (κ1) is 13.2. The van der Waals surface area contributed by atoms with Gasteiger partial charge in [0.25, 0.3) is 0 Å². The van der Waals surface area contributed by atoms with E-state index in [1.54, 1.807) is 0 Å². The van der Waals surface area contributed by atoms with Crippen LogP contribution in [0, 0.1) is 11.8 Å². The van der Waals surface area contributed by atoms with E-state index in [1.807, 2.05) is 12.1 Å². The minimum atomic E-state index is 0.0210. The van der Waals surface area contributed by atoms with Crippen LogP contribution in [-0.2, 0) is 11.2 Å². The van der Waals surface area contributed by atoms with E-state index in [2.05, 4.69) is 10.6 Å². The van der Waals surface area contributed by atoms with Crippen molar-refractivity contribution < 1.29 is 9.90 Å². The van der Waals surface area contributed by atoms with Gasteiger partial charge in [-0.25, -0.2) is 0 Å². The first-order valence-electron chi connectivity index (χ1n) is 7.24. The number of fused-ring (bicyclic) bond motifs is 1. The summed E-state index contributed by atoms with van der Waals surface area (Å²) in [5, 5.41) is 15.6. The second kappa shape index (κ2) is 5.32. The fourth-order valence-electron chi connectivity index (χ4n) is 3.31. The summed E-state index contributed by atoms with van der Waals surface area (Å²) in [6, 6.07) is 3.78. The summed E-state index contributed by atoms with van der Waals surface area (Å²) in [6.45, 7) is 1.09. The number of anilines is 3. The monoisotopic (exact) mass is 275 g/mol. The van der Waals surface area contributed by atoms with E-state index >= 15 is 0 Å². The molecule has 2 aliphatic rings. The van der Waals surface area contributed by atoms with Crippen molar-refractivity contribution in [3.63, 3.8) is 0 Å². The highest BCUT2D eigenvalue weighted by molar-refractivity contribution is 6.00. The highest BCUT2D eigenvalue weighted by Gasteiger charge is 2.26. The number of amides is 1. The van der Waals surface area contributed by atoms with E-state index in [4.69, 9.17) is 5.73 Å². The molecule has 108 valence electrons. The molecule has 20 heavy (non-hydrogen) atoms. The lowest BCUT2D eigenvalue weighted by Crippen LogP contribution is -2.21. The summed E-state index contributed by atoms with van der Waals surface area (Å²) in [7, 11) is 0. The summed E-state index contributed by atoms with van der Waals surface area (Å²) in [5.74, 6) is 0.924. The van der Waals surface area contributed by atoms with Gasteiger partial charge >= 0.3 is 0 Å². The highest BCUT2D eigenvalue weighted by Crippen LogP contribution is 2.34. The Labute approximate surface area is 118 Å². The van der Waals surface area contributed by atoms with Crippen molar-refractivity contribution in [2.75, 3.05) is 29.5 Å². The van der Waals surface area contributed by atoms with Crippen molar-refractivity contribution in [1.82, 2.24) is 0 Å². The average molecular weight is 275 g/mol. The van der Waals surface area contributed by atoms with E-state index in [1.165, 1.54) is 6.42 Å². The van der Waals surface area contributed by atoms with Crippen LogP contribution < -0.4 is 16.4 Å². The van der Waals surface area contributed by atoms with Crippen LogP contribution in [0.5, 0.6) is 0 Å². The third-order valence-electron chi connectivity index (χ3n) is 4.51. The highest BCUT2D eigenvalue weighted by atomic mass is 16.3. The zero-order chi connectivity index (χ0) is 14.1. The number of nitrogens with one attached hydrogen (secondary N) is 2. The molecule has 5 N–H and O–H groups in total. The van der Waals surface area contributed by atoms with E-state index in [-0.39, 0.29) is 12.5 Å². The quantitative estimate of drug-likeness (QED) is 0.628. The van der Waals surface area contributed by atoms with Crippen molar-refractivity contribution in [3.05, 3.63) is 17.7 Å². The topological polar surface area (TPSA) is 87.4 Å². The van der Waals surface area contributed by atoms with Crippen LogP contribution in [0.15, 0.2) is 12.1 Å². The normalized spacial score (nSPS) is 24.6. The number of rotatable bonds is 4. The molecule has 1 aromatic rings. The maximum atomic E-state index is 11.4. The lowest BCUT2D eigenvalue weighted by atomic mass is 9.97. The Hall–Kier alpha value is -1.75. The molecule has 1 heterocycles. The molecule has 1 amide bonds. The Kier molecular flexibility index (Phi) is 3.53. The Balaban J connectivity index is 1.69. The number of aliphatic hydroxyl groups excluding tert-OH is 1. The zero-order valence-corrected chi connectivity index (χ0v) is 11.5. The minimum absolute atomic E-state index is 0.0210. The molecule has 1 aliphatic heterocycles. The SMILES string of the molecule is Nc1cc2c(cc1NCC1CCCC1CO)NC(=O)C2. The molecule has 1 aromatic carbocycles. The van der Waals surface area contributed by atoms with Crippen molar-refractivity contribution in [1.29, 1.82) is 0 Å². The first-order chi connectivity index (χ1) is 9.67. The number of hydrogen-bond donors (Lipinski definition) is 4. The maximum absolute atomic E-state index is 11.4. The van der Waals surface area contributed by atoms with Crippen molar-refractivity contribution in [2.24, 2.45) is 11.8 Å². The van der Waals surface area contributed by atoms with Gasteiger partial charge in [-0.3, -0.25) is 4.79 Å². The first-order valence-corrected chi connectivity index (χ1v) is 7.24. The van der Waals surface area contributed by atoms with Crippen LogP contribution >= 0.6 is 0 Å². The van der Waals surface area contributed by atoms with Gasteiger partial charge in [-0.05, 0) is 42.4 Å². The lowest BCUT2D eigenvalue weighted by molar-refractivity contribution is -0.115. The van der Waals surface area contributed by atoms with E-state index in [9.17, 15) is 9.90 Å². The lowest BCUT2D eigenvalue weighted by Gasteiger charge is -2.19. The molecule has 0 saturated heterocycles. The third-order valence-corrected chi connectivity index (χ3v) is 4.51. The third kappa shape index (κ3) is 2.45. The molecule has 5 nitrogen and oxygen atoms in total. The number of carbonyl (C=O) groups is 1. The largest absolute Gasteiger partial charge is 0.397 e. The maximum Gasteiger partial charge on any atom is 0.228 e. The number of benzene rings is 1. The van der Waals surface area contributed by atoms with Crippen LogP contribution in [0.25, 0.3) is 0 Å². The summed E-state index contributed by atoms with van der Waals surface area (Å²) >= 11 is 0. The van der Waals surface area contributed by atoms with Gasteiger partial charge in [-0.1, -0.05) is 6.42 Å². The zero-order valence-electron chi connectivity index (χ0n) is 11.5. The second-order valence-electron chi connectivity index (χ2n) is 5.84. The van der Waals surface area contributed by atoms with Gasteiger partial charge in [-0.2, -0.15) is 0 Å². The smallest absolute Gasteiger partial charge is 0.228 e. The Bertz CT molecular complexity index is 530. The fourth-order valence-corrected chi connectivity index (χ4v) is 3.31. The van der Waals surface area contributed by atoms with E-state index in [0.717, 1.165) is 36.3 Å². The molecule has 1 fully saturated rings. The number of nitrogen functional groups attached to an aromatic ring is 1. The molecule has 0 aromatic heterocycles. The van der Waals surface area contributed by atoms with Crippen molar-refractivity contribution in [2.45, 2.75) is 25.7 Å². The predicted octanol–water partition coefficient (Wildman–Crippen LogP) is 1.58. The Morgan fingerprint density at radius 1 is 1.35 bits per heavy atom. The van der Waals surface area contributed by atoms with Crippen LogP contribution in [-0.4, -0.2) is 24.2 Å². The molecule has 1 saturated carbocycles. The van der Waals surface area contributed by atoms with Crippen LogP contribution in [0.3, 0.4) is 0 Å². The molecule has 5 heteroatoms. The van der Waals surface area contributed by atoms with Crippen LogP contribution in [0.1, 0.15) is 24.8 Å². The summed E-state index contributed by atoms with van der Waals surface area (Å²) in [5.41, 5.74) is 9.41. The van der Waals surface area contributed by atoms with Gasteiger partial charge in [0.15, 0.2) is 0 Å². The summed E-state index contributed by atoms with van der Waals surface area (Å²) in [4.78, 5) is 11.4. The molecule has 1 aliphatic carbocycles. The van der Waals surface area contributed by atoms with E-state index < -0.39 is 0 Å². The van der Waals surface area contributed by atoms with Gasteiger partial charge in [0.2, 0.25) is 5.91 Å². The molecule has 2 unspecified atom stereocenters. The standard InChI is InChI=1S/C15H21N3O2/c16-12-4-11-5-15(20)18-13(11)6-14(12)17-7-9-2-1-3-10(9)8-19/h4,6,9-10,17,19H,1-3,5,7-8,16H2,(H,18,20). The average Bonchev–Trinajstić information content (AvgIpc) is 3.00. The van der Waals surface area contributed by atoms with Crippen LogP contribution in [0.2, 0.25) is 0 Å². The molecule has 0 spiro atoms. The van der Waals surface area contributed by atoms with Crippen molar-refractivity contribution in [3.8, 4) is 0 Å². The number of hydrogen-bond acceptors (Lipinski definition) is 4. The predicted molar refractivity (Wildman–Crippen MR) is 79.6 cm³/mol. The molecule has 2 atom stereocenters. The molecule has 0 bridgehead atoms. The molecular weight excluding hydrogens is 254 g/mol. The van der Waals surface area contributed by atoms with Gasteiger partial charge in [0.1, 0.15) is 0 Å². The van der Waals surface area contributed by atoms with Gasteiger partial charge in [0.05, 0.1) is 17.8 Å². The van der Waals surface area contributed by atoms with Crippen LogP contribution in [0.4, 0.5) is 17.1 Å². The van der Waals surface area contributed by atoms with Gasteiger partial charge in [0, 0.05) is 18.8 Å².